The van der Waals surface area contributed by atoms with Gasteiger partial charge < -0.3 is 0 Å². The minimum absolute atomic E-state index is 0.734. The summed E-state index contributed by atoms with van der Waals surface area (Å²) in [5.41, 5.74) is 4.47. The first-order valence-electron chi connectivity index (χ1n) is 4.88. The second-order valence-electron chi connectivity index (χ2n) is 3.69. The molecule has 1 aromatic heterocycles. The number of halogens is 1. The number of aryl methyl sites for hydroxylation is 1. The number of aromatic nitrogens is 2. The maximum atomic E-state index is 5.95. The van der Waals surface area contributed by atoms with Crippen molar-refractivity contribution in [1.82, 2.24) is 9.78 Å². The molecule has 1 heterocycles. The largest absolute Gasteiger partial charge is 0.238 e. The van der Waals surface area contributed by atoms with E-state index in [1.54, 1.807) is 0 Å². The highest BCUT2D eigenvalue weighted by atomic mass is 35.5. The van der Waals surface area contributed by atoms with Gasteiger partial charge in [-0.05, 0) is 44.5 Å². The van der Waals surface area contributed by atoms with Gasteiger partial charge >= 0.3 is 0 Å². The average Bonchev–Trinajstić information content (AvgIpc) is 2.46. The normalized spacial score (nSPS) is 10.7. The van der Waals surface area contributed by atoms with Gasteiger partial charge in [0.05, 0.1) is 11.4 Å². The summed E-state index contributed by atoms with van der Waals surface area (Å²) in [6.45, 7) is 6.17. The van der Waals surface area contributed by atoms with Crippen molar-refractivity contribution < 1.29 is 0 Å². The molecule has 0 N–H and O–H groups in total. The van der Waals surface area contributed by atoms with Crippen molar-refractivity contribution in [2.24, 2.45) is 0 Å². The highest BCUT2D eigenvalue weighted by molar-refractivity contribution is 6.30. The minimum atomic E-state index is 0.734. The lowest BCUT2D eigenvalue weighted by Gasteiger charge is -2.04. The lowest BCUT2D eigenvalue weighted by molar-refractivity contribution is 0.833. The second-order valence-corrected chi connectivity index (χ2v) is 4.12. The van der Waals surface area contributed by atoms with Crippen LogP contribution >= 0.6 is 11.6 Å². The van der Waals surface area contributed by atoms with E-state index >= 15 is 0 Å². The third-order valence-corrected chi connectivity index (χ3v) is 2.94. The van der Waals surface area contributed by atoms with E-state index in [0.717, 1.165) is 22.1 Å². The molecule has 0 unspecified atom stereocenters. The van der Waals surface area contributed by atoms with Crippen LogP contribution in [-0.4, -0.2) is 9.78 Å². The Kier molecular flexibility index (Phi) is 2.53. The van der Waals surface area contributed by atoms with E-state index in [9.17, 15) is 0 Å². The Bertz CT molecular complexity index is 500. The molecular weight excluding hydrogens is 208 g/mol. The fourth-order valence-electron chi connectivity index (χ4n) is 1.58. The Morgan fingerprint density at radius 2 is 1.93 bits per heavy atom. The van der Waals surface area contributed by atoms with E-state index in [1.807, 2.05) is 35.9 Å². The summed E-state index contributed by atoms with van der Waals surface area (Å²) in [6.07, 6.45) is 0. The highest BCUT2D eigenvalue weighted by Crippen LogP contribution is 2.19. The number of nitrogens with zero attached hydrogens (tertiary/aromatic N) is 2. The Labute approximate surface area is 94.5 Å². The zero-order valence-corrected chi connectivity index (χ0v) is 9.84. The maximum absolute atomic E-state index is 5.95. The molecular formula is C12H13ClN2. The summed E-state index contributed by atoms with van der Waals surface area (Å²) >= 11 is 5.95. The Balaban J connectivity index is 2.59. The predicted molar refractivity (Wildman–Crippen MR) is 62.8 cm³/mol. The molecule has 0 aliphatic heterocycles. The zero-order valence-electron chi connectivity index (χ0n) is 9.08. The van der Waals surface area contributed by atoms with Crippen LogP contribution in [0.4, 0.5) is 0 Å². The molecule has 2 rings (SSSR count). The quantitative estimate of drug-likeness (QED) is 0.720. The van der Waals surface area contributed by atoms with Crippen LogP contribution in [0.25, 0.3) is 5.69 Å². The van der Waals surface area contributed by atoms with E-state index in [1.165, 1.54) is 5.56 Å². The van der Waals surface area contributed by atoms with E-state index in [0.29, 0.717) is 0 Å². The van der Waals surface area contributed by atoms with E-state index in [-0.39, 0.29) is 0 Å². The fraction of sp³-hybridized carbons (Fsp3) is 0.250. The van der Waals surface area contributed by atoms with Crippen molar-refractivity contribution in [3.8, 4) is 5.69 Å². The van der Waals surface area contributed by atoms with E-state index in [2.05, 4.69) is 18.9 Å². The highest BCUT2D eigenvalue weighted by Gasteiger charge is 2.08. The molecule has 78 valence electrons. The molecule has 3 heteroatoms. The summed E-state index contributed by atoms with van der Waals surface area (Å²) < 4.78 is 1.93. The molecule has 0 aliphatic rings. The van der Waals surface area contributed by atoms with Crippen LogP contribution in [0.3, 0.4) is 0 Å². The van der Waals surface area contributed by atoms with Crippen LogP contribution < -0.4 is 0 Å². The molecule has 1 aromatic carbocycles. The smallest absolute Gasteiger partial charge is 0.0663 e. The molecule has 0 saturated heterocycles. The summed E-state index contributed by atoms with van der Waals surface area (Å²) in [6, 6.07) is 7.72. The average molecular weight is 221 g/mol. The van der Waals surface area contributed by atoms with Gasteiger partial charge in [0.25, 0.3) is 0 Å². The lowest BCUT2D eigenvalue weighted by atomic mass is 10.2. The number of benzene rings is 1. The number of hydrogen-bond acceptors (Lipinski definition) is 1. The Morgan fingerprint density at radius 1 is 1.20 bits per heavy atom. The van der Waals surface area contributed by atoms with E-state index < -0.39 is 0 Å². The SMILES string of the molecule is Cc1nn(-c2cccc(Cl)c2)c(C)c1C. The van der Waals surface area contributed by atoms with Gasteiger partial charge in [-0.15, -0.1) is 0 Å². The van der Waals surface area contributed by atoms with Crippen molar-refractivity contribution >= 4 is 11.6 Å². The predicted octanol–water partition coefficient (Wildman–Crippen LogP) is 3.45. The Hall–Kier alpha value is -1.28. The molecule has 0 saturated carbocycles. The molecule has 0 spiro atoms. The van der Waals surface area contributed by atoms with Gasteiger partial charge in [-0.25, -0.2) is 4.68 Å². The summed E-state index contributed by atoms with van der Waals surface area (Å²) in [7, 11) is 0. The van der Waals surface area contributed by atoms with Gasteiger partial charge in [-0.3, -0.25) is 0 Å². The first-order valence-corrected chi connectivity index (χ1v) is 5.26. The monoisotopic (exact) mass is 220 g/mol. The van der Waals surface area contributed by atoms with Gasteiger partial charge in [0.1, 0.15) is 0 Å². The van der Waals surface area contributed by atoms with Crippen LogP contribution in [0.1, 0.15) is 17.0 Å². The maximum Gasteiger partial charge on any atom is 0.0663 e. The van der Waals surface area contributed by atoms with Crippen LogP contribution in [0.5, 0.6) is 0 Å². The van der Waals surface area contributed by atoms with Gasteiger partial charge in [0, 0.05) is 10.7 Å². The third-order valence-electron chi connectivity index (χ3n) is 2.71. The van der Waals surface area contributed by atoms with Gasteiger partial charge in [0.15, 0.2) is 0 Å². The van der Waals surface area contributed by atoms with Crippen molar-refractivity contribution in [2.45, 2.75) is 20.8 Å². The molecule has 15 heavy (non-hydrogen) atoms. The fourth-order valence-corrected chi connectivity index (χ4v) is 1.76. The van der Waals surface area contributed by atoms with Crippen LogP contribution in [0.15, 0.2) is 24.3 Å². The third kappa shape index (κ3) is 1.77. The van der Waals surface area contributed by atoms with Crippen molar-refractivity contribution in [2.75, 3.05) is 0 Å². The molecule has 0 bridgehead atoms. The summed E-state index contributed by atoms with van der Waals surface area (Å²) in [4.78, 5) is 0. The first-order chi connectivity index (χ1) is 7.09. The summed E-state index contributed by atoms with van der Waals surface area (Å²) in [5, 5.41) is 5.21. The molecule has 0 amide bonds. The van der Waals surface area contributed by atoms with Crippen molar-refractivity contribution in [3.63, 3.8) is 0 Å². The second kappa shape index (κ2) is 3.70. The van der Waals surface area contributed by atoms with Crippen LogP contribution in [-0.2, 0) is 0 Å². The molecule has 0 aliphatic carbocycles. The molecule has 0 radical (unpaired) electrons. The first kappa shape index (κ1) is 10.2. The standard InChI is InChI=1S/C12H13ClN2/c1-8-9(2)14-15(10(8)3)12-6-4-5-11(13)7-12/h4-7H,1-3H3. The van der Waals surface area contributed by atoms with Crippen molar-refractivity contribution in [3.05, 3.63) is 46.2 Å². The molecule has 0 atom stereocenters. The molecule has 0 fully saturated rings. The van der Waals surface area contributed by atoms with Crippen LogP contribution in [0, 0.1) is 20.8 Å². The van der Waals surface area contributed by atoms with Gasteiger partial charge in [0.2, 0.25) is 0 Å². The minimum Gasteiger partial charge on any atom is -0.238 e. The molecule has 2 nitrogen and oxygen atoms in total. The number of rotatable bonds is 1. The lowest BCUT2D eigenvalue weighted by Crippen LogP contribution is -1.98. The van der Waals surface area contributed by atoms with E-state index in [4.69, 9.17) is 11.6 Å². The van der Waals surface area contributed by atoms with Crippen LogP contribution in [0.2, 0.25) is 5.02 Å². The van der Waals surface area contributed by atoms with Gasteiger partial charge in [-0.1, -0.05) is 17.7 Å². The molecule has 2 aromatic rings. The summed E-state index contributed by atoms with van der Waals surface area (Å²) in [5.74, 6) is 0. The van der Waals surface area contributed by atoms with Crippen molar-refractivity contribution in [1.29, 1.82) is 0 Å². The number of hydrogen-bond donors (Lipinski definition) is 0. The van der Waals surface area contributed by atoms with Gasteiger partial charge in [-0.2, -0.15) is 5.10 Å². The Morgan fingerprint density at radius 3 is 2.47 bits per heavy atom. The zero-order chi connectivity index (χ0) is 11.0. The topological polar surface area (TPSA) is 17.8 Å².